The lowest BCUT2D eigenvalue weighted by Crippen LogP contribution is -2.45. The Balaban J connectivity index is 3.49. The van der Waals surface area contributed by atoms with Crippen LogP contribution >= 0.6 is 0 Å². The van der Waals surface area contributed by atoms with E-state index in [0.717, 1.165) is 0 Å². The Bertz CT molecular complexity index is 345. The minimum atomic E-state index is -0.619. The van der Waals surface area contributed by atoms with Gasteiger partial charge in [-0.25, -0.2) is 14.4 Å². The first kappa shape index (κ1) is 14.2. The number of hydrogen-bond acceptors (Lipinski definition) is 6. The molecule has 0 bridgehead atoms. The third-order valence-electron chi connectivity index (χ3n) is 1.25. The number of nitriles is 1. The zero-order valence-corrected chi connectivity index (χ0v) is 8.65. The lowest BCUT2D eigenvalue weighted by molar-refractivity contribution is 0.211. The molecule has 0 spiro atoms. The number of isocyanates is 1. The molecule has 0 aromatic carbocycles. The highest BCUT2D eigenvalue weighted by molar-refractivity contribution is 5.76. The molecule has 0 atom stereocenters. The normalized spacial score (nSPS) is 7.94. The summed E-state index contributed by atoms with van der Waals surface area (Å²) in [5.74, 6) is 0. The van der Waals surface area contributed by atoms with Crippen LogP contribution in [0, 0.1) is 11.5 Å². The topological polar surface area (TPSA) is 145 Å². The van der Waals surface area contributed by atoms with Gasteiger partial charge in [0.15, 0.2) is 6.73 Å². The standard InChI is InChI=1S/C7H10N6O4/c8-1-17-5-13-7(16)12-3-11-6(15)10-2-9-4-14/h2-3,5H2,(H2,10,11,15)(H2,12,13,16). The lowest BCUT2D eigenvalue weighted by Gasteiger charge is -2.07. The SMILES string of the molecule is N#COCNC(=O)NCNC(=O)NCN=C=O. The summed E-state index contributed by atoms with van der Waals surface area (Å²) < 4.78 is 4.18. The van der Waals surface area contributed by atoms with E-state index in [1.54, 1.807) is 0 Å². The molecule has 0 aliphatic rings. The number of rotatable bonds is 6. The Morgan fingerprint density at radius 1 is 1.18 bits per heavy atom. The van der Waals surface area contributed by atoms with Gasteiger partial charge in [0, 0.05) is 0 Å². The van der Waals surface area contributed by atoms with Crippen LogP contribution in [0.15, 0.2) is 4.99 Å². The van der Waals surface area contributed by atoms with Crippen molar-refractivity contribution in [3.05, 3.63) is 0 Å². The smallest absolute Gasteiger partial charge is 0.318 e. The second kappa shape index (κ2) is 9.75. The highest BCUT2D eigenvalue weighted by Gasteiger charge is 2.00. The van der Waals surface area contributed by atoms with E-state index in [4.69, 9.17) is 5.26 Å². The van der Waals surface area contributed by atoms with Crippen molar-refractivity contribution in [1.82, 2.24) is 21.3 Å². The van der Waals surface area contributed by atoms with Gasteiger partial charge in [0.25, 0.3) is 6.26 Å². The second-order valence-electron chi connectivity index (χ2n) is 2.33. The predicted octanol–water partition coefficient (Wildman–Crippen LogP) is -1.71. The third-order valence-corrected chi connectivity index (χ3v) is 1.25. The lowest BCUT2D eigenvalue weighted by atomic mass is 10.8. The summed E-state index contributed by atoms with van der Waals surface area (Å²) in [7, 11) is 0. The van der Waals surface area contributed by atoms with E-state index in [0.29, 0.717) is 0 Å². The fourth-order valence-electron chi connectivity index (χ4n) is 0.607. The molecule has 4 N–H and O–H groups in total. The van der Waals surface area contributed by atoms with Gasteiger partial charge >= 0.3 is 12.1 Å². The number of hydrogen-bond donors (Lipinski definition) is 4. The van der Waals surface area contributed by atoms with Gasteiger partial charge in [-0.3, -0.25) is 0 Å². The minimum absolute atomic E-state index is 0.144. The van der Waals surface area contributed by atoms with Crippen LogP contribution in [0.3, 0.4) is 0 Å². The van der Waals surface area contributed by atoms with Crippen molar-refractivity contribution in [1.29, 1.82) is 5.26 Å². The van der Waals surface area contributed by atoms with Gasteiger partial charge in [-0.15, -0.1) is 0 Å². The Hall–Kier alpha value is -2.79. The summed E-state index contributed by atoms with van der Waals surface area (Å²) in [6, 6.07) is -1.23. The number of aliphatic imine (C=N–C) groups is 1. The maximum Gasteiger partial charge on any atom is 0.318 e. The molecule has 0 aromatic heterocycles. The number of nitrogens with one attached hydrogen (secondary N) is 4. The first-order chi connectivity index (χ1) is 8.20. The number of urea groups is 2. The Kier molecular flexibility index (Phi) is 8.15. The van der Waals surface area contributed by atoms with Crippen LogP contribution in [-0.4, -0.2) is 38.2 Å². The van der Waals surface area contributed by atoms with Gasteiger partial charge in [-0.1, -0.05) is 0 Å². The Morgan fingerprint density at radius 3 is 2.41 bits per heavy atom. The van der Waals surface area contributed by atoms with Gasteiger partial charge in [0.1, 0.15) is 6.67 Å². The quantitative estimate of drug-likeness (QED) is 0.144. The molecule has 92 valence electrons. The molecular weight excluding hydrogens is 232 g/mol. The average Bonchev–Trinajstić information content (AvgIpc) is 2.30. The first-order valence-electron chi connectivity index (χ1n) is 4.28. The minimum Gasteiger partial charge on any atom is -0.405 e. The van der Waals surface area contributed by atoms with E-state index in [-0.39, 0.29) is 20.1 Å². The molecule has 0 aliphatic carbocycles. The maximum atomic E-state index is 10.9. The summed E-state index contributed by atoms with van der Waals surface area (Å²) in [4.78, 5) is 34.5. The number of amides is 4. The molecule has 10 nitrogen and oxygen atoms in total. The summed E-state index contributed by atoms with van der Waals surface area (Å²) in [5.41, 5.74) is 0. The largest absolute Gasteiger partial charge is 0.405 e. The van der Waals surface area contributed by atoms with E-state index in [1.807, 2.05) is 0 Å². The molecule has 0 aromatic rings. The zero-order chi connectivity index (χ0) is 12.9. The van der Waals surface area contributed by atoms with Crippen molar-refractivity contribution in [2.75, 3.05) is 20.1 Å². The van der Waals surface area contributed by atoms with Crippen molar-refractivity contribution in [2.45, 2.75) is 0 Å². The zero-order valence-electron chi connectivity index (χ0n) is 8.65. The van der Waals surface area contributed by atoms with Crippen LogP contribution in [0.4, 0.5) is 9.59 Å². The van der Waals surface area contributed by atoms with Gasteiger partial charge in [0.05, 0.1) is 6.67 Å². The first-order valence-corrected chi connectivity index (χ1v) is 4.28. The summed E-state index contributed by atoms with van der Waals surface area (Å²) >= 11 is 0. The number of carbonyl (C=O) groups is 2. The van der Waals surface area contributed by atoms with Crippen LogP contribution in [-0.2, 0) is 9.53 Å². The molecule has 0 aliphatic heterocycles. The number of nitrogens with zero attached hydrogens (tertiary/aromatic N) is 2. The van der Waals surface area contributed by atoms with Gasteiger partial charge in [0.2, 0.25) is 6.08 Å². The average molecular weight is 242 g/mol. The molecule has 0 unspecified atom stereocenters. The van der Waals surface area contributed by atoms with Gasteiger partial charge in [-0.05, 0) is 0 Å². The van der Waals surface area contributed by atoms with Crippen molar-refractivity contribution in [3.63, 3.8) is 0 Å². The van der Waals surface area contributed by atoms with Crippen LogP contribution in [0.2, 0.25) is 0 Å². The fraction of sp³-hybridized carbons (Fsp3) is 0.429. The molecule has 0 heterocycles. The molecule has 0 rings (SSSR count). The van der Waals surface area contributed by atoms with Crippen molar-refractivity contribution >= 4 is 18.1 Å². The predicted molar refractivity (Wildman–Crippen MR) is 52.8 cm³/mol. The van der Waals surface area contributed by atoms with E-state index in [9.17, 15) is 14.4 Å². The number of ether oxygens (including phenoxy) is 1. The maximum absolute atomic E-state index is 10.9. The molecule has 4 amide bonds. The van der Waals surface area contributed by atoms with Crippen molar-refractivity contribution in [2.24, 2.45) is 4.99 Å². The van der Waals surface area contributed by atoms with Crippen LogP contribution < -0.4 is 21.3 Å². The molecule has 0 saturated carbocycles. The van der Waals surface area contributed by atoms with E-state index in [2.05, 4.69) is 31.0 Å². The van der Waals surface area contributed by atoms with E-state index in [1.165, 1.54) is 12.3 Å². The monoisotopic (exact) mass is 242 g/mol. The van der Waals surface area contributed by atoms with Crippen LogP contribution in [0.5, 0.6) is 0 Å². The van der Waals surface area contributed by atoms with E-state index >= 15 is 0 Å². The molecule has 0 radical (unpaired) electrons. The summed E-state index contributed by atoms with van der Waals surface area (Å²) in [6.07, 6.45) is 2.60. The van der Waals surface area contributed by atoms with Gasteiger partial charge in [-0.2, -0.15) is 10.3 Å². The van der Waals surface area contributed by atoms with Crippen molar-refractivity contribution in [3.8, 4) is 6.26 Å². The highest BCUT2D eigenvalue weighted by atomic mass is 16.5. The summed E-state index contributed by atoms with van der Waals surface area (Å²) in [6.45, 7) is -0.602. The summed E-state index contributed by atoms with van der Waals surface area (Å²) in [5, 5.41) is 16.8. The van der Waals surface area contributed by atoms with Crippen molar-refractivity contribution < 1.29 is 19.1 Å². The molecule has 17 heavy (non-hydrogen) atoms. The number of carbonyl (C=O) groups excluding carboxylic acids is 3. The fourth-order valence-corrected chi connectivity index (χ4v) is 0.607. The molecule has 0 saturated heterocycles. The third kappa shape index (κ3) is 9.51. The van der Waals surface area contributed by atoms with Gasteiger partial charge < -0.3 is 26.0 Å². The van der Waals surface area contributed by atoms with Crippen LogP contribution in [0.1, 0.15) is 0 Å². The Labute approximate surface area is 96.0 Å². The van der Waals surface area contributed by atoms with E-state index < -0.39 is 12.1 Å². The highest BCUT2D eigenvalue weighted by Crippen LogP contribution is 1.68. The molecule has 10 heteroatoms. The second-order valence-corrected chi connectivity index (χ2v) is 2.33. The Morgan fingerprint density at radius 2 is 1.82 bits per heavy atom. The van der Waals surface area contributed by atoms with Crippen LogP contribution in [0.25, 0.3) is 0 Å². The molecular formula is C7H10N6O4. The molecule has 0 fully saturated rings.